The molecule has 4 heteroatoms. The summed E-state index contributed by atoms with van der Waals surface area (Å²) in [5, 5.41) is 4.70. The normalized spacial score (nSPS) is 16.2. The van der Waals surface area contributed by atoms with Crippen molar-refractivity contribution in [1.29, 1.82) is 0 Å². The van der Waals surface area contributed by atoms with Crippen LogP contribution >= 0.6 is 0 Å². The second-order valence-corrected chi connectivity index (χ2v) is 10.9. The summed E-state index contributed by atoms with van der Waals surface area (Å²) in [5.74, 6) is 0. The average Bonchev–Trinajstić information content (AvgIpc) is 3.60. The molecule has 0 radical (unpaired) electrons. The second kappa shape index (κ2) is 10.0. The van der Waals surface area contributed by atoms with Crippen molar-refractivity contribution in [2.75, 3.05) is 0 Å². The summed E-state index contributed by atoms with van der Waals surface area (Å²) in [6, 6.07) is 40.3. The molecule has 0 saturated heterocycles. The summed E-state index contributed by atoms with van der Waals surface area (Å²) in [4.78, 5) is 4.63. The second-order valence-electron chi connectivity index (χ2n) is 10.9. The van der Waals surface area contributed by atoms with Gasteiger partial charge in [0.25, 0.3) is 0 Å². The lowest BCUT2D eigenvalue weighted by Crippen LogP contribution is -2.21. The van der Waals surface area contributed by atoms with E-state index < -0.39 is 6.17 Å². The van der Waals surface area contributed by atoms with E-state index >= 15 is 0 Å². The van der Waals surface area contributed by atoms with Crippen LogP contribution in [0.2, 0.25) is 0 Å². The molecular formula is C38H29N3O. The highest BCUT2D eigenvalue weighted by atomic mass is 16.3. The van der Waals surface area contributed by atoms with Crippen LogP contribution in [0.3, 0.4) is 0 Å². The van der Waals surface area contributed by atoms with Gasteiger partial charge in [0.15, 0.2) is 5.58 Å². The van der Waals surface area contributed by atoms with Crippen LogP contribution in [0.1, 0.15) is 18.0 Å². The van der Waals surface area contributed by atoms with Crippen molar-refractivity contribution >= 4 is 50.0 Å². The molecule has 2 atom stereocenters. The first kappa shape index (κ1) is 24.6. The Morgan fingerprint density at radius 2 is 1.50 bits per heavy atom. The molecule has 5 aromatic carbocycles. The maximum Gasteiger partial charge on any atom is 0.159 e. The summed E-state index contributed by atoms with van der Waals surface area (Å²) >= 11 is 0. The lowest BCUT2D eigenvalue weighted by Gasteiger charge is -2.22. The molecule has 2 heterocycles. The Balaban J connectivity index is 1.27. The molecule has 1 aliphatic rings. The Labute approximate surface area is 243 Å². The van der Waals surface area contributed by atoms with Crippen LogP contribution in [0.25, 0.3) is 54.9 Å². The van der Waals surface area contributed by atoms with Crippen LogP contribution in [0.4, 0.5) is 0 Å². The number of nitrogens with zero attached hydrogens (tertiary/aromatic N) is 2. The van der Waals surface area contributed by atoms with Crippen molar-refractivity contribution in [2.45, 2.75) is 18.6 Å². The van der Waals surface area contributed by atoms with Gasteiger partial charge in [-0.05, 0) is 46.9 Å². The number of allylic oxidation sites excluding steroid dienone is 2. The van der Waals surface area contributed by atoms with Crippen LogP contribution in [0.15, 0.2) is 148 Å². The highest BCUT2D eigenvalue weighted by Crippen LogP contribution is 2.42. The van der Waals surface area contributed by atoms with Crippen molar-refractivity contribution in [3.05, 3.63) is 145 Å². The number of hydrogen-bond donors (Lipinski definition) is 1. The first-order valence-corrected chi connectivity index (χ1v) is 14.4. The van der Waals surface area contributed by atoms with Crippen LogP contribution < -0.4 is 5.73 Å². The molecule has 7 aromatic rings. The predicted molar refractivity (Wildman–Crippen MR) is 175 cm³/mol. The van der Waals surface area contributed by atoms with Crippen molar-refractivity contribution in [3.63, 3.8) is 0 Å². The van der Waals surface area contributed by atoms with Gasteiger partial charge in [-0.3, -0.25) is 4.99 Å². The average molecular weight is 544 g/mol. The molecule has 2 unspecified atom stereocenters. The van der Waals surface area contributed by atoms with E-state index in [0.29, 0.717) is 0 Å². The summed E-state index contributed by atoms with van der Waals surface area (Å²) < 4.78 is 9.04. The molecular weight excluding hydrogens is 514 g/mol. The molecule has 2 N–H and O–H groups in total. The molecule has 0 aliphatic heterocycles. The summed E-state index contributed by atoms with van der Waals surface area (Å²) in [6.07, 6.45) is 8.89. The van der Waals surface area contributed by atoms with Gasteiger partial charge in [0.05, 0.1) is 17.1 Å². The third-order valence-electron chi connectivity index (χ3n) is 8.38. The van der Waals surface area contributed by atoms with E-state index in [4.69, 9.17) is 10.2 Å². The Morgan fingerprint density at radius 3 is 2.31 bits per heavy atom. The summed E-state index contributed by atoms with van der Waals surface area (Å²) in [6.45, 7) is 0. The number of aromatic nitrogens is 1. The van der Waals surface area contributed by atoms with E-state index in [9.17, 15) is 0 Å². The molecule has 0 spiro atoms. The van der Waals surface area contributed by atoms with E-state index in [1.54, 1.807) is 0 Å². The van der Waals surface area contributed by atoms with Crippen molar-refractivity contribution in [1.82, 2.24) is 4.57 Å². The third-order valence-corrected chi connectivity index (χ3v) is 8.38. The lowest BCUT2D eigenvalue weighted by atomic mass is 10.0. The van der Waals surface area contributed by atoms with E-state index in [1.165, 1.54) is 27.4 Å². The number of benzene rings is 5. The molecule has 0 amide bonds. The Bertz CT molecular complexity index is 2180. The zero-order valence-corrected chi connectivity index (χ0v) is 23.0. The molecule has 2 aromatic heterocycles. The highest BCUT2D eigenvalue weighted by molar-refractivity contribution is 6.21. The van der Waals surface area contributed by atoms with Gasteiger partial charge in [-0.15, -0.1) is 0 Å². The lowest BCUT2D eigenvalue weighted by molar-refractivity contribution is 0.628. The molecule has 0 saturated carbocycles. The largest absolute Gasteiger partial charge is 0.454 e. The summed E-state index contributed by atoms with van der Waals surface area (Å²) in [7, 11) is 0. The minimum atomic E-state index is -0.410. The van der Waals surface area contributed by atoms with Gasteiger partial charge in [-0.1, -0.05) is 115 Å². The first-order chi connectivity index (χ1) is 20.7. The molecule has 4 nitrogen and oxygen atoms in total. The first-order valence-electron chi connectivity index (χ1n) is 14.4. The van der Waals surface area contributed by atoms with Crippen molar-refractivity contribution < 1.29 is 4.42 Å². The molecule has 1 aliphatic carbocycles. The Kier molecular flexibility index (Phi) is 5.87. The van der Waals surface area contributed by atoms with Gasteiger partial charge >= 0.3 is 0 Å². The SMILES string of the molecule is NC(N=Cc1ccccc1)C1=CCC(n2c3cc(-c4ccccc4)ccc3c3ccc4c5ccccc5oc4c32)C=C1. The van der Waals surface area contributed by atoms with Crippen LogP contribution in [0, 0.1) is 0 Å². The Hall–Kier alpha value is -5.19. The highest BCUT2D eigenvalue weighted by Gasteiger charge is 2.23. The standard InChI is InChI=1S/C38H29N3O/c39-38(40-24-25-9-3-1-4-10-25)27-15-18-29(19-16-27)41-34-23-28(26-11-5-2-6-12-26)17-20-30(34)32-21-22-33-31-13-7-8-14-35(31)42-37(33)36(32)41/h1-18,20-24,29,38H,19,39H2. The number of hydrogen-bond acceptors (Lipinski definition) is 3. The van der Waals surface area contributed by atoms with Crippen LogP contribution in [-0.2, 0) is 0 Å². The van der Waals surface area contributed by atoms with Gasteiger partial charge in [0.1, 0.15) is 11.7 Å². The van der Waals surface area contributed by atoms with Crippen LogP contribution in [-0.4, -0.2) is 16.9 Å². The van der Waals surface area contributed by atoms with Crippen molar-refractivity contribution in [3.8, 4) is 11.1 Å². The fourth-order valence-electron chi connectivity index (χ4n) is 6.29. The van der Waals surface area contributed by atoms with Gasteiger partial charge < -0.3 is 14.7 Å². The minimum Gasteiger partial charge on any atom is -0.454 e. The maximum atomic E-state index is 6.58. The topological polar surface area (TPSA) is 56.4 Å². The fraction of sp³-hybridized carbons (Fsp3) is 0.0789. The fourth-order valence-corrected chi connectivity index (χ4v) is 6.29. The van der Waals surface area contributed by atoms with Gasteiger partial charge in [0, 0.05) is 27.8 Å². The number of aliphatic imine (C=N–C) groups is 1. The quantitative estimate of drug-likeness (QED) is 0.220. The van der Waals surface area contributed by atoms with Gasteiger partial charge in [-0.25, -0.2) is 0 Å². The van der Waals surface area contributed by atoms with E-state index in [1.807, 2.05) is 42.6 Å². The molecule has 8 rings (SSSR count). The van der Waals surface area contributed by atoms with E-state index in [-0.39, 0.29) is 6.04 Å². The molecule has 0 bridgehead atoms. The Morgan fingerprint density at radius 1 is 0.762 bits per heavy atom. The zero-order valence-electron chi connectivity index (χ0n) is 23.0. The number of fused-ring (bicyclic) bond motifs is 7. The smallest absolute Gasteiger partial charge is 0.159 e. The maximum absolute atomic E-state index is 6.58. The summed E-state index contributed by atoms with van der Waals surface area (Å²) in [5.41, 5.74) is 15.1. The predicted octanol–water partition coefficient (Wildman–Crippen LogP) is 9.19. The number of nitrogens with two attached hydrogens (primary N) is 1. The van der Waals surface area contributed by atoms with Gasteiger partial charge in [0.2, 0.25) is 0 Å². The molecule has 0 fully saturated rings. The number of para-hydroxylation sites is 1. The number of rotatable bonds is 5. The molecule has 42 heavy (non-hydrogen) atoms. The monoisotopic (exact) mass is 543 g/mol. The van der Waals surface area contributed by atoms with E-state index in [2.05, 4.69) is 107 Å². The van der Waals surface area contributed by atoms with Gasteiger partial charge in [-0.2, -0.15) is 0 Å². The zero-order chi connectivity index (χ0) is 28.0. The molecule has 202 valence electrons. The van der Waals surface area contributed by atoms with Crippen molar-refractivity contribution in [2.24, 2.45) is 10.7 Å². The third kappa shape index (κ3) is 4.08. The van der Waals surface area contributed by atoms with E-state index in [0.717, 1.165) is 45.0 Å². The number of furan rings is 1. The minimum absolute atomic E-state index is 0.101. The van der Waals surface area contributed by atoms with Crippen LogP contribution in [0.5, 0.6) is 0 Å².